The SMILES string of the molecule is CCOC(=O)c1c(NC(=O)NC2CCCCC2)oc(C)c1C(C)=O. The summed E-state index contributed by atoms with van der Waals surface area (Å²) in [6.45, 7) is 4.74. The van der Waals surface area contributed by atoms with Gasteiger partial charge in [-0.2, -0.15) is 0 Å². The standard InChI is InChI=1S/C17H24N2O5/c1-4-23-16(21)14-13(10(2)20)11(3)24-15(14)19-17(22)18-12-8-6-5-7-9-12/h12H,4-9H2,1-3H3,(H2,18,19,22). The van der Waals surface area contributed by atoms with Crippen molar-refractivity contribution >= 4 is 23.7 Å². The lowest BCUT2D eigenvalue weighted by Gasteiger charge is -2.22. The third-order valence-electron chi connectivity index (χ3n) is 4.08. The average molecular weight is 336 g/mol. The predicted octanol–water partition coefficient (Wildman–Crippen LogP) is 3.42. The lowest BCUT2D eigenvalue weighted by molar-refractivity contribution is 0.0524. The van der Waals surface area contributed by atoms with E-state index >= 15 is 0 Å². The Labute approximate surface area is 141 Å². The van der Waals surface area contributed by atoms with Gasteiger partial charge in [0.05, 0.1) is 12.2 Å². The van der Waals surface area contributed by atoms with Crippen LogP contribution in [0.15, 0.2) is 4.42 Å². The molecule has 0 aromatic carbocycles. The number of ketones is 1. The molecule has 24 heavy (non-hydrogen) atoms. The van der Waals surface area contributed by atoms with Gasteiger partial charge in [0.1, 0.15) is 11.3 Å². The van der Waals surface area contributed by atoms with Crippen LogP contribution in [0.2, 0.25) is 0 Å². The molecule has 7 nitrogen and oxygen atoms in total. The van der Waals surface area contributed by atoms with Crippen LogP contribution in [0, 0.1) is 6.92 Å². The second-order valence-electron chi connectivity index (χ2n) is 5.95. The Kier molecular flexibility index (Phi) is 6.00. The number of Topliss-reactive ketones (excluding diaryl/α,β-unsaturated/α-hetero) is 1. The summed E-state index contributed by atoms with van der Waals surface area (Å²) < 4.78 is 10.4. The first-order valence-corrected chi connectivity index (χ1v) is 8.33. The largest absolute Gasteiger partial charge is 0.462 e. The summed E-state index contributed by atoms with van der Waals surface area (Å²) in [7, 11) is 0. The lowest BCUT2D eigenvalue weighted by Crippen LogP contribution is -2.39. The number of hydrogen-bond donors (Lipinski definition) is 2. The zero-order valence-electron chi connectivity index (χ0n) is 14.4. The van der Waals surface area contributed by atoms with Crippen molar-refractivity contribution in [2.45, 2.75) is 58.9 Å². The van der Waals surface area contributed by atoms with Crippen molar-refractivity contribution < 1.29 is 23.5 Å². The van der Waals surface area contributed by atoms with E-state index in [0.717, 1.165) is 25.7 Å². The van der Waals surface area contributed by atoms with Gasteiger partial charge in [-0.15, -0.1) is 0 Å². The predicted molar refractivity (Wildman–Crippen MR) is 88.4 cm³/mol. The van der Waals surface area contributed by atoms with Crippen molar-refractivity contribution in [2.75, 3.05) is 11.9 Å². The van der Waals surface area contributed by atoms with E-state index < -0.39 is 12.0 Å². The highest BCUT2D eigenvalue weighted by Gasteiger charge is 2.29. The van der Waals surface area contributed by atoms with Gasteiger partial charge in [-0.05, 0) is 33.6 Å². The first-order valence-electron chi connectivity index (χ1n) is 8.33. The van der Waals surface area contributed by atoms with Gasteiger partial charge < -0.3 is 14.5 Å². The van der Waals surface area contributed by atoms with Crippen molar-refractivity contribution in [2.24, 2.45) is 0 Å². The second kappa shape index (κ2) is 7.99. The maximum Gasteiger partial charge on any atom is 0.344 e. The number of anilines is 1. The van der Waals surface area contributed by atoms with Gasteiger partial charge >= 0.3 is 12.0 Å². The minimum atomic E-state index is -0.687. The van der Waals surface area contributed by atoms with Crippen LogP contribution in [0.4, 0.5) is 10.7 Å². The van der Waals surface area contributed by atoms with Crippen LogP contribution < -0.4 is 10.6 Å². The first kappa shape index (κ1) is 18.0. The molecule has 132 valence electrons. The lowest BCUT2D eigenvalue weighted by atomic mass is 9.96. The van der Waals surface area contributed by atoms with E-state index in [1.165, 1.54) is 13.3 Å². The summed E-state index contributed by atoms with van der Waals surface area (Å²) in [6.07, 6.45) is 5.24. The van der Waals surface area contributed by atoms with Gasteiger partial charge in [0.15, 0.2) is 5.78 Å². The molecule has 0 atom stereocenters. The summed E-state index contributed by atoms with van der Waals surface area (Å²) in [5.74, 6) is -0.782. The Balaban J connectivity index is 2.19. The molecule has 2 amide bonds. The summed E-state index contributed by atoms with van der Waals surface area (Å²) in [4.78, 5) is 36.2. The van der Waals surface area contributed by atoms with Gasteiger partial charge in [0.25, 0.3) is 0 Å². The van der Waals surface area contributed by atoms with E-state index in [1.807, 2.05) is 0 Å². The number of urea groups is 1. The number of esters is 1. The number of furan rings is 1. The molecule has 1 aliphatic rings. The highest BCUT2D eigenvalue weighted by atomic mass is 16.5. The van der Waals surface area contributed by atoms with Crippen LogP contribution in [0.3, 0.4) is 0 Å². The quantitative estimate of drug-likeness (QED) is 0.634. The number of amides is 2. The van der Waals surface area contributed by atoms with Crippen molar-refractivity contribution in [1.29, 1.82) is 0 Å². The molecule has 1 aromatic rings. The normalized spacial score (nSPS) is 15.0. The number of aryl methyl sites for hydroxylation is 1. The third-order valence-corrected chi connectivity index (χ3v) is 4.08. The fraction of sp³-hybridized carbons (Fsp3) is 0.588. The first-order chi connectivity index (χ1) is 11.4. The highest BCUT2D eigenvalue weighted by molar-refractivity contribution is 6.10. The summed E-state index contributed by atoms with van der Waals surface area (Å²) >= 11 is 0. The van der Waals surface area contributed by atoms with Gasteiger partial charge in [-0.1, -0.05) is 19.3 Å². The molecule has 1 aromatic heterocycles. The van der Waals surface area contributed by atoms with E-state index in [9.17, 15) is 14.4 Å². The molecule has 2 N–H and O–H groups in total. The van der Waals surface area contributed by atoms with Crippen LogP contribution >= 0.6 is 0 Å². The summed E-state index contributed by atoms with van der Waals surface area (Å²) in [5.41, 5.74) is 0.113. The molecule has 0 bridgehead atoms. The molecule has 1 fully saturated rings. The Hall–Kier alpha value is -2.31. The Morgan fingerprint density at radius 3 is 2.42 bits per heavy atom. The van der Waals surface area contributed by atoms with Crippen LogP contribution in [0.25, 0.3) is 0 Å². The van der Waals surface area contributed by atoms with E-state index in [1.54, 1.807) is 13.8 Å². The summed E-state index contributed by atoms with van der Waals surface area (Å²) in [6, 6.07) is -0.329. The van der Waals surface area contributed by atoms with Gasteiger partial charge in [0.2, 0.25) is 5.88 Å². The average Bonchev–Trinajstić information content (AvgIpc) is 2.84. The number of rotatable bonds is 5. The molecule has 0 saturated heterocycles. The smallest absolute Gasteiger partial charge is 0.344 e. The van der Waals surface area contributed by atoms with Crippen molar-refractivity contribution in [3.8, 4) is 0 Å². The zero-order valence-corrected chi connectivity index (χ0v) is 14.4. The molecule has 1 aliphatic carbocycles. The van der Waals surface area contributed by atoms with Crippen molar-refractivity contribution in [3.05, 3.63) is 16.9 Å². The zero-order chi connectivity index (χ0) is 17.7. The van der Waals surface area contributed by atoms with Gasteiger partial charge in [-0.25, -0.2) is 9.59 Å². The Bertz CT molecular complexity index is 629. The minimum absolute atomic E-state index is 0.0272. The van der Waals surface area contributed by atoms with E-state index in [4.69, 9.17) is 9.15 Å². The van der Waals surface area contributed by atoms with Crippen LogP contribution in [-0.4, -0.2) is 30.4 Å². The van der Waals surface area contributed by atoms with Gasteiger partial charge in [0, 0.05) is 6.04 Å². The maximum atomic E-state index is 12.2. The monoisotopic (exact) mass is 336 g/mol. The van der Waals surface area contributed by atoms with Crippen LogP contribution in [0.1, 0.15) is 72.4 Å². The Morgan fingerprint density at radius 2 is 1.83 bits per heavy atom. The number of carbonyl (C=O) groups is 3. The van der Waals surface area contributed by atoms with E-state index in [2.05, 4.69) is 10.6 Å². The molecule has 1 saturated carbocycles. The molecule has 2 rings (SSSR count). The number of hydrogen-bond acceptors (Lipinski definition) is 5. The molecule has 0 radical (unpaired) electrons. The minimum Gasteiger partial charge on any atom is -0.462 e. The number of ether oxygens (including phenoxy) is 1. The number of carbonyl (C=O) groups excluding carboxylic acids is 3. The fourth-order valence-electron chi connectivity index (χ4n) is 3.03. The van der Waals surface area contributed by atoms with E-state index in [0.29, 0.717) is 0 Å². The van der Waals surface area contributed by atoms with Gasteiger partial charge in [-0.3, -0.25) is 10.1 Å². The molecule has 7 heteroatoms. The molecule has 0 spiro atoms. The fourth-order valence-corrected chi connectivity index (χ4v) is 3.03. The molecular weight excluding hydrogens is 312 g/mol. The molecule has 0 unspecified atom stereocenters. The topological polar surface area (TPSA) is 97.6 Å². The Morgan fingerprint density at radius 1 is 1.17 bits per heavy atom. The summed E-state index contributed by atoms with van der Waals surface area (Å²) in [5, 5.41) is 5.42. The molecule has 1 heterocycles. The molecular formula is C17H24N2O5. The molecule has 0 aliphatic heterocycles. The third kappa shape index (κ3) is 4.15. The second-order valence-corrected chi connectivity index (χ2v) is 5.95. The van der Waals surface area contributed by atoms with Crippen molar-refractivity contribution in [1.82, 2.24) is 5.32 Å². The van der Waals surface area contributed by atoms with E-state index in [-0.39, 0.29) is 41.2 Å². The number of nitrogens with one attached hydrogen (secondary N) is 2. The van der Waals surface area contributed by atoms with Crippen molar-refractivity contribution in [3.63, 3.8) is 0 Å². The maximum absolute atomic E-state index is 12.2. The highest BCUT2D eigenvalue weighted by Crippen LogP contribution is 2.28. The van der Waals surface area contributed by atoms with Crippen LogP contribution in [0.5, 0.6) is 0 Å². The van der Waals surface area contributed by atoms with Crippen LogP contribution in [-0.2, 0) is 4.74 Å².